The van der Waals surface area contributed by atoms with Gasteiger partial charge in [-0.05, 0) is 88.3 Å². The average Bonchev–Trinajstić information content (AvgIpc) is 3.03. The fourth-order valence-corrected chi connectivity index (χ4v) is 5.10. The van der Waals surface area contributed by atoms with Crippen LogP contribution in [0.25, 0.3) is 0 Å². The summed E-state index contributed by atoms with van der Waals surface area (Å²) in [5.41, 5.74) is 0.361. The van der Waals surface area contributed by atoms with Crippen LogP contribution < -0.4 is 0 Å². The molecule has 5 heteroatoms. The van der Waals surface area contributed by atoms with Gasteiger partial charge in [-0.3, -0.25) is 4.90 Å². The second kappa shape index (κ2) is 8.94. The Morgan fingerprint density at radius 1 is 1.20 bits per heavy atom. The first-order valence-corrected chi connectivity index (χ1v) is 11.1. The Morgan fingerprint density at radius 3 is 2.52 bits per heavy atom. The van der Waals surface area contributed by atoms with E-state index >= 15 is 0 Å². The van der Waals surface area contributed by atoms with Crippen molar-refractivity contribution in [1.29, 1.82) is 0 Å². The summed E-state index contributed by atoms with van der Waals surface area (Å²) in [6.07, 6.45) is 7.22. The number of furan rings is 1. The van der Waals surface area contributed by atoms with Gasteiger partial charge < -0.3 is 14.4 Å². The van der Waals surface area contributed by atoms with Crippen LogP contribution in [0.1, 0.15) is 37.2 Å². The van der Waals surface area contributed by atoms with E-state index in [2.05, 4.69) is 22.1 Å². The van der Waals surface area contributed by atoms with Crippen LogP contribution in [0.4, 0.5) is 0 Å². The third kappa shape index (κ3) is 4.82. The number of piperidine rings is 2. The second-order valence-corrected chi connectivity index (χ2v) is 8.91. The maximum atomic E-state index is 10.1. The van der Waals surface area contributed by atoms with Gasteiger partial charge in [0.2, 0.25) is 0 Å². The van der Waals surface area contributed by atoms with Gasteiger partial charge in [0.25, 0.3) is 0 Å². The number of nitrogens with zero attached hydrogens (tertiary/aromatic N) is 2. The van der Waals surface area contributed by atoms with Gasteiger partial charge in [-0.2, -0.15) is 11.8 Å². The molecule has 1 spiro atoms. The van der Waals surface area contributed by atoms with Gasteiger partial charge in [-0.25, -0.2) is 0 Å². The lowest BCUT2D eigenvalue weighted by atomic mass is 9.64. The predicted molar refractivity (Wildman–Crippen MR) is 105 cm³/mol. The van der Waals surface area contributed by atoms with E-state index in [1.807, 2.05) is 24.8 Å². The van der Waals surface area contributed by atoms with Crippen LogP contribution >= 0.6 is 11.8 Å². The topological polar surface area (TPSA) is 39.9 Å². The Bertz CT molecular complexity index is 526. The van der Waals surface area contributed by atoms with Crippen molar-refractivity contribution >= 4 is 11.8 Å². The number of hydrogen-bond donors (Lipinski definition) is 1. The molecule has 0 saturated carbocycles. The van der Waals surface area contributed by atoms with Crippen molar-refractivity contribution in [3.05, 3.63) is 23.7 Å². The van der Waals surface area contributed by atoms with E-state index in [1.54, 1.807) is 0 Å². The first kappa shape index (κ1) is 19.3. The molecular weight excluding hydrogens is 332 g/mol. The molecule has 0 aliphatic carbocycles. The second-order valence-electron chi connectivity index (χ2n) is 7.93. The van der Waals surface area contributed by atoms with Crippen molar-refractivity contribution < 1.29 is 9.52 Å². The number of thioether (sulfide) groups is 1. The molecule has 4 nitrogen and oxygen atoms in total. The molecule has 2 fully saturated rings. The summed E-state index contributed by atoms with van der Waals surface area (Å²) < 4.78 is 5.74. The molecule has 142 valence electrons. The van der Waals surface area contributed by atoms with Crippen LogP contribution in [-0.2, 0) is 6.54 Å². The molecule has 0 unspecified atom stereocenters. The summed E-state index contributed by atoms with van der Waals surface area (Å²) in [5.74, 6) is 3.71. The highest BCUT2D eigenvalue weighted by Crippen LogP contribution is 2.45. The first-order chi connectivity index (χ1) is 12.1. The van der Waals surface area contributed by atoms with Crippen molar-refractivity contribution in [2.75, 3.05) is 51.3 Å². The molecule has 0 bridgehead atoms. The van der Waals surface area contributed by atoms with Gasteiger partial charge in [0.05, 0.1) is 6.54 Å². The van der Waals surface area contributed by atoms with Crippen LogP contribution in [0, 0.1) is 18.3 Å². The Morgan fingerprint density at radius 2 is 1.92 bits per heavy atom. The number of aryl methyl sites for hydroxylation is 1. The highest BCUT2D eigenvalue weighted by molar-refractivity contribution is 7.98. The lowest BCUT2D eigenvalue weighted by Gasteiger charge is -2.51. The van der Waals surface area contributed by atoms with E-state index < -0.39 is 0 Å². The number of likely N-dealkylation sites (tertiary alicyclic amines) is 2. The van der Waals surface area contributed by atoms with Crippen LogP contribution in [0.2, 0.25) is 0 Å². The van der Waals surface area contributed by atoms with E-state index in [4.69, 9.17) is 4.42 Å². The molecule has 3 heterocycles. The Labute approximate surface area is 156 Å². The molecule has 2 aliphatic heterocycles. The van der Waals surface area contributed by atoms with Crippen LogP contribution in [0.5, 0.6) is 0 Å². The monoisotopic (exact) mass is 366 g/mol. The summed E-state index contributed by atoms with van der Waals surface area (Å²) in [4.78, 5) is 5.10. The van der Waals surface area contributed by atoms with Gasteiger partial charge in [0, 0.05) is 19.1 Å². The Hall–Kier alpha value is -0.490. The van der Waals surface area contributed by atoms with Crippen molar-refractivity contribution in [3.63, 3.8) is 0 Å². The van der Waals surface area contributed by atoms with Crippen molar-refractivity contribution in [2.24, 2.45) is 11.3 Å². The lowest BCUT2D eigenvalue weighted by Crippen LogP contribution is -2.53. The number of aliphatic hydroxyl groups is 1. The minimum Gasteiger partial charge on any atom is -0.465 e. The van der Waals surface area contributed by atoms with E-state index in [-0.39, 0.29) is 0 Å². The number of rotatable bonds is 7. The van der Waals surface area contributed by atoms with Gasteiger partial charge in [0.15, 0.2) is 0 Å². The molecule has 2 saturated heterocycles. The normalized spacial score (nSPS) is 24.8. The number of hydrogen-bond acceptors (Lipinski definition) is 5. The molecule has 2 aliphatic rings. The Kier molecular flexibility index (Phi) is 6.89. The molecule has 0 radical (unpaired) electrons. The van der Waals surface area contributed by atoms with E-state index in [9.17, 15) is 5.11 Å². The quantitative estimate of drug-likeness (QED) is 0.750. The fourth-order valence-electron chi connectivity index (χ4n) is 4.68. The van der Waals surface area contributed by atoms with Crippen molar-refractivity contribution in [3.8, 4) is 0 Å². The van der Waals surface area contributed by atoms with Crippen molar-refractivity contribution in [1.82, 2.24) is 9.80 Å². The molecule has 0 amide bonds. The summed E-state index contributed by atoms with van der Waals surface area (Å²) in [6, 6.07) is 4.12. The van der Waals surface area contributed by atoms with Gasteiger partial charge in [-0.1, -0.05) is 0 Å². The molecular formula is C20H34N2O2S. The van der Waals surface area contributed by atoms with Gasteiger partial charge >= 0.3 is 0 Å². The minimum absolute atomic E-state index is 0.320. The zero-order valence-electron chi connectivity index (χ0n) is 15.9. The average molecular weight is 367 g/mol. The highest BCUT2D eigenvalue weighted by atomic mass is 32.2. The smallest absolute Gasteiger partial charge is 0.118 e. The summed E-state index contributed by atoms with van der Waals surface area (Å²) in [7, 11) is 0. The van der Waals surface area contributed by atoms with Gasteiger partial charge in [0.1, 0.15) is 11.5 Å². The summed E-state index contributed by atoms with van der Waals surface area (Å²) in [5, 5.41) is 10.1. The van der Waals surface area contributed by atoms with Crippen LogP contribution in [-0.4, -0.2) is 66.2 Å². The molecule has 1 atom stereocenters. The molecule has 1 N–H and O–H groups in total. The number of aliphatic hydroxyl groups excluding tert-OH is 1. The zero-order valence-corrected chi connectivity index (χ0v) is 16.7. The van der Waals surface area contributed by atoms with E-state index in [0.29, 0.717) is 17.9 Å². The van der Waals surface area contributed by atoms with E-state index in [1.165, 1.54) is 51.1 Å². The largest absolute Gasteiger partial charge is 0.465 e. The third-order valence-corrected chi connectivity index (χ3v) is 7.04. The summed E-state index contributed by atoms with van der Waals surface area (Å²) >= 11 is 1.95. The highest BCUT2D eigenvalue weighted by Gasteiger charge is 2.44. The minimum atomic E-state index is 0.320. The molecule has 3 rings (SSSR count). The molecule has 1 aromatic heterocycles. The molecule has 25 heavy (non-hydrogen) atoms. The molecule has 0 aromatic carbocycles. The molecule has 1 aromatic rings. The van der Waals surface area contributed by atoms with Gasteiger partial charge in [-0.15, -0.1) is 0 Å². The zero-order chi connectivity index (χ0) is 17.7. The SMILES string of the molecule is CSCCCN1CCC2(CC1)CCN(Cc1ccc(C)o1)C[C@H]2CO. The van der Waals surface area contributed by atoms with Crippen molar-refractivity contribution in [2.45, 2.75) is 39.2 Å². The summed E-state index contributed by atoms with van der Waals surface area (Å²) in [6.45, 7) is 8.99. The standard InChI is InChI=1S/C20H34N2O2S/c1-17-4-5-19(24-17)15-22-12-8-20(18(14-22)16-23)6-10-21(11-7-20)9-3-13-25-2/h4-5,18,23H,3,6-16H2,1-2H3/t18-/m0/s1. The van der Waals surface area contributed by atoms with E-state index in [0.717, 1.165) is 31.2 Å². The maximum absolute atomic E-state index is 10.1. The fraction of sp³-hybridized carbons (Fsp3) is 0.800. The third-order valence-electron chi connectivity index (χ3n) is 6.34. The predicted octanol–water partition coefficient (Wildman–Crippen LogP) is 3.24. The maximum Gasteiger partial charge on any atom is 0.118 e. The first-order valence-electron chi connectivity index (χ1n) is 9.75. The Balaban J connectivity index is 1.52. The van der Waals surface area contributed by atoms with Crippen LogP contribution in [0.3, 0.4) is 0 Å². The lowest BCUT2D eigenvalue weighted by molar-refractivity contribution is -0.0449. The van der Waals surface area contributed by atoms with Crippen LogP contribution in [0.15, 0.2) is 16.5 Å².